The molecule has 8 heterocycles. The van der Waals surface area contributed by atoms with Crippen molar-refractivity contribution in [3.05, 3.63) is 164 Å². The van der Waals surface area contributed by atoms with Crippen molar-refractivity contribution in [3.63, 3.8) is 0 Å². The first kappa shape index (κ1) is 109. The third-order valence-corrected chi connectivity index (χ3v) is 29.2. The third kappa shape index (κ3) is 26.6. The summed E-state index contributed by atoms with van der Waals surface area (Å²) >= 11 is 25.9. The highest BCUT2D eigenvalue weighted by Crippen LogP contribution is 2.45. The van der Waals surface area contributed by atoms with Crippen LogP contribution in [0.25, 0.3) is 88.1 Å². The van der Waals surface area contributed by atoms with Crippen molar-refractivity contribution in [1.82, 2.24) is 64.0 Å². The maximum absolute atomic E-state index is 15.0. The van der Waals surface area contributed by atoms with Crippen molar-refractivity contribution in [2.45, 2.75) is 241 Å². The molecule has 34 heteroatoms. The van der Waals surface area contributed by atoms with E-state index in [1.165, 1.54) is 56.2 Å². The molecule has 16 rings (SSSR count). The van der Waals surface area contributed by atoms with E-state index in [-0.39, 0.29) is 125 Å². The maximum Gasteiger partial charge on any atom is 0.228 e. The summed E-state index contributed by atoms with van der Waals surface area (Å²) < 4.78 is 71.8. The third-order valence-electron chi connectivity index (χ3n) is 28.0. The molecule has 0 spiro atoms. The molecule has 762 valence electrons. The smallest absolute Gasteiger partial charge is 0.228 e. The Hall–Kier alpha value is -11.4. The monoisotopic (exact) mass is 2040 g/mol. The number of nitrogens with one attached hydrogen (secondary N) is 4. The van der Waals surface area contributed by atoms with Gasteiger partial charge in [0.2, 0.25) is 29.5 Å². The molecular weight excluding hydrogens is 1910 g/mol. The van der Waals surface area contributed by atoms with Crippen molar-refractivity contribution in [2.24, 2.45) is 75.5 Å². The quantitative estimate of drug-likeness (QED) is 0.0317. The number of halogens is 8. The lowest BCUT2D eigenvalue weighted by molar-refractivity contribution is -0.131. The molecule has 0 bridgehead atoms. The highest BCUT2D eigenvalue weighted by atomic mass is 35.5. The first-order chi connectivity index (χ1) is 68.1. The molecular formula is C109H131Cl4F4N17O9. The van der Waals surface area contributed by atoms with Crippen LogP contribution in [0, 0.1) is 70.6 Å². The number of ether oxygens (including phenoxy) is 1. The first-order valence-electron chi connectivity index (χ1n) is 49.8. The number of hydrogen-bond donors (Lipinski definition) is 4. The van der Waals surface area contributed by atoms with Gasteiger partial charge < -0.3 is 30.9 Å². The summed E-state index contributed by atoms with van der Waals surface area (Å²) in [6.45, 7) is 20.3. The largest absolute Gasteiger partial charge is 0.377 e. The summed E-state index contributed by atoms with van der Waals surface area (Å²) in [4.78, 5) is 119. The van der Waals surface area contributed by atoms with E-state index in [1.807, 2.05) is 122 Å². The van der Waals surface area contributed by atoms with Crippen molar-refractivity contribution < 1.29 is 60.7 Å². The highest BCUT2D eigenvalue weighted by molar-refractivity contribution is 6.35. The van der Waals surface area contributed by atoms with Crippen LogP contribution in [0.2, 0.25) is 20.1 Å². The summed E-state index contributed by atoms with van der Waals surface area (Å²) in [5.74, 6) is 0.823. The minimum atomic E-state index is -0.431. The van der Waals surface area contributed by atoms with E-state index >= 15 is 13.2 Å². The van der Waals surface area contributed by atoms with Crippen LogP contribution in [0.4, 0.5) is 40.8 Å². The number of fused-ring (bicyclic) bond motifs is 4. The molecule has 0 aliphatic heterocycles. The number of carbonyl (C=O) groups excluding carboxylic acids is 8. The van der Waals surface area contributed by atoms with Gasteiger partial charge in [0.15, 0.2) is 29.1 Å². The Morgan fingerprint density at radius 2 is 0.629 bits per heavy atom. The molecule has 143 heavy (non-hydrogen) atoms. The Balaban J connectivity index is 0.000000160. The van der Waals surface area contributed by atoms with Crippen LogP contribution in [0.15, 0.2) is 97.6 Å². The van der Waals surface area contributed by atoms with E-state index in [1.54, 1.807) is 62.0 Å². The predicted molar refractivity (Wildman–Crippen MR) is 558 cm³/mol. The number of aromatic nitrogens is 12. The average Bonchev–Trinajstić information content (AvgIpc) is 1.66. The Morgan fingerprint density at radius 3 is 0.867 bits per heavy atom. The summed E-state index contributed by atoms with van der Waals surface area (Å²) in [5.41, 5.74) is 9.76. The number of amides is 5. The standard InChI is InChI=1S/C28H34ClFN4O2.C27H33ClFN5O2.C27H32ClFN4O3.C27H32ClFN4O2/c1-5-7-20(35)11-17-8-6-9-18(10-17)28(36)32-25-14-21(23(29)15-31-25)19-12-22-26(24(30)13-19)33-34(4)27(22)16(2)3;1-15(2)26-20-11-18(12-22(29)25(20)32-34(26)5)19-13-23(30-14-21(19)28)31-27(36)17-8-6-7-16(9-17)10-24(35)33(3)4;1-15(2)26-21-10-18(11-23(29)25(21)32-33(26)3)20-12-24(30-13-22(20)28)31-27(35)17-7-5-6-16(8-17)9-19(34)14-36-4;1-5-19(34)10-16-7-6-8-17(9-16)27(35)31-24-13-20(22(28)14-30-24)18-11-21-25(23(29)12-18)32-33(4)26(21)15(2)3/h12-18H,5-11H2,1-4H3,(H,31,32,36);11-17H,6-10H2,1-5H3,(H,30,31,36);10-13,15-17H,5-9,14H2,1-4H3,(H,30,31,35);11-17H,5-10H2,1-4H3,(H,30,31,35)/t17-,18+;3*16-,17+/m1111/s1. The lowest BCUT2D eigenvalue weighted by Gasteiger charge is -2.28. The fraction of sp³-hybridized carbons (Fsp3) is 0.486. The van der Waals surface area contributed by atoms with Crippen LogP contribution >= 0.6 is 46.4 Å². The van der Waals surface area contributed by atoms with E-state index < -0.39 is 23.3 Å². The second kappa shape index (κ2) is 48.5. The molecule has 0 radical (unpaired) electrons. The zero-order valence-electron chi connectivity index (χ0n) is 84.6. The van der Waals surface area contributed by atoms with Gasteiger partial charge in [-0.3, -0.25) is 57.1 Å². The number of methoxy groups -OCH3 is 1. The van der Waals surface area contributed by atoms with Gasteiger partial charge in [0.05, 0.1) is 20.1 Å². The van der Waals surface area contributed by atoms with E-state index in [4.69, 9.17) is 51.1 Å². The number of aryl methyl sites for hydroxylation is 4. The minimum absolute atomic E-state index is 0.0611. The Morgan fingerprint density at radius 1 is 0.378 bits per heavy atom. The summed E-state index contributed by atoms with van der Waals surface area (Å²) in [7, 11) is 12.3. The van der Waals surface area contributed by atoms with Crippen molar-refractivity contribution >= 4 is 160 Å². The van der Waals surface area contributed by atoms with E-state index in [2.05, 4.69) is 61.6 Å². The Labute approximate surface area is 852 Å². The van der Waals surface area contributed by atoms with Gasteiger partial charge in [0.25, 0.3) is 0 Å². The molecule has 0 saturated heterocycles. The molecule has 4 aliphatic carbocycles. The number of anilines is 4. The van der Waals surface area contributed by atoms with Gasteiger partial charge in [-0.2, -0.15) is 20.4 Å². The predicted octanol–water partition coefficient (Wildman–Crippen LogP) is 25.4. The maximum atomic E-state index is 15.0. The van der Waals surface area contributed by atoms with Crippen molar-refractivity contribution in [3.8, 4) is 44.5 Å². The highest BCUT2D eigenvalue weighted by Gasteiger charge is 2.36. The number of ketones is 3. The zero-order valence-corrected chi connectivity index (χ0v) is 87.7. The van der Waals surface area contributed by atoms with Gasteiger partial charge in [0, 0.05) is 203 Å². The normalized spacial score (nSPS) is 18.1. The van der Waals surface area contributed by atoms with E-state index in [0.29, 0.717) is 174 Å². The van der Waals surface area contributed by atoms with Crippen molar-refractivity contribution in [1.29, 1.82) is 0 Å². The van der Waals surface area contributed by atoms with Crippen molar-refractivity contribution in [2.75, 3.05) is 49.1 Å². The Kier molecular flexibility index (Phi) is 36.9. The SMILES string of the molecule is CC(C)c1c2cc(-c3cc(NC(=O)[C@H]4CCC[C@@H](CC(=O)N(C)C)C4)ncc3Cl)cc(F)c2nn1C.CCC(=O)C[C@@H]1CCC[C@H](C(=O)Nc2cc(-c3cc(F)c4nn(C)c(C(C)C)c4c3)c(Cl)cn2)C1.CCCC(=O)C[C@@H]1CCC[C@H](C(=O)Nc2cc(-c3cc(F)c4nn(C)c(C(C)C)c4c3)c(Cl)cn2)C1.COCC(=O)C[C@@H]1CCC[C@H](C(=O)Nc2cc(-c3cc(F)c4nn(C)c(C(C)C)c4c3)c(Cl)cn2)C1. The molecule has 12 aromatic rings. The number of benzene rings is 4. The van der Waals surface area contributed by atoms with Crippen LogP contribution in [-0.4, -0.2) is 139 Å². The molecule has 8 aromatic heterocycles. The molecule has 4 aromatic carbocycles. The van der Waals surface area contributed by atoms with Gasteiger partial charge in [-0.1, -0.05) is 141 Å². The van der Waals surface area contributed by atoms with Crippen LogP contribution in [0.1, 0.15) is 263 Å². The summed E-state index contributed by atoms with van der Waals surface area (Å²) in [5, 5.41) is 33.5. The number of pyridine rings is 4. The van der Waals surface area contributed by atoms with E-state index in [0.717, 1.165) is 128 Å². The molecule has 26 nitrogen and oxygen atoms in total. The molecule has 8 atom stereocenters. The summed E-state index contributed by atoms with van der Waals surface area (Å²) in [6, 6.07) is 20.0. The molecule has 4 saturated carbocycles. The van der Waals surface area contributed by atoms with Gasteiger partial charge in [-0.15, -0.1) is 0 Å². The summed E-state index contributed by atoms with van der Waals surface area (Å²) in [6.07, 6.45) is 23.3. The van der Waals surface area contributed by atoms with Crippen LogP contribution in [-0.2, 0) is 71.3 Å². The second-order valence-corrected chi connectivity index (χ2v) is 42.0. The lowest BCUT2D eigenvalue weighted by atomic mass is 9.78. The van der Waals surface area contributed by atoms with Gasteiger partial charge in [0.1, 0.15) is 63.5 Å². The van der Waals surface area contributed by atoms with E-state index in [9.17, 15) is 42.7 Å². The van der Waals surface area contributed by atoms with Gasteiger partial charge in [-0.05, 0) is 226 Å². The number of nitrogens with zero attached hydrogens (tertiary/aromatic N) is 13. The molecule has 4 aliphatic rings. The molecule has 4 N–H and O–H groups in total. The molecule has 5 amide bonds. The fourth-order valence-corrected chi connectivity index (χ4v) is 22.1. The molecule has 4 fully saturated rings. The number of Topliss-reactive ketones (excluding diaryl/α,β-unsaturated/α-hetero) is 3. The second-order valence-electron chi connectivity index (χ2n) is 40.4. The van der Waals surface area contributed by atoms with Crippen LogP contribution in [0.3, 0.4) is 0 Å². The Bertz CT molecular complexity index is 6530. The number of carbonyl (C=O) groups is 8. The van der Waals surface area contributed by atoms with Gasteiger partial charge >= 0.3 is 0 Å². The number of hydrogen-bond acceptors (Lipinski definition) is 17. The lowest BCUT2D eigenvalue weighted by Crippen LogP contribution is -2.31. The fourth-order valence-electron chi connectivity index (χ4n) is 21.3. The minimum Gasteiger partial charge on any atom is -0.377 e. The topological polar surface area (TPSA) is 320 Å². The van der Waals surface area contributed by atoms with Crippen LogP contribution in [0.5, 0.6) is 0 Å². The zero-order chi connectivity index (χ0) is 103. The average molecular weight is 2040 g/mol. The number of rotatable bonds is 29. The van der Waals surface area contributed by atoms with Gasteiger partial charge in [-0.25, -0.2) is 37.5 Å². The van der Waals surface area contributed by atoms with Crippen LogP contribution < -0.4 is 21.3 Å². The first-order valence-corrected chi connectivity index (χ1v) is 51.3. The molecule has 0 unspecified atom stereocenters.